The summed E-state index contributed by atoms with van der Waals surface area (Å²) in [7, 11) is 0. The van der Waals surface area contributed by atoms with Crippen LogP contribution in [0.25, 0.3) is 0 Å². The van der Waals surface area contributed by atoms with Gasteiger partial charge in [0.25, 0.3) is 0 Å². The summed E-state index contributed by atoms with van der Waals surface area (Å²) in [5, 5.41) is 10.1. The summed E-state index contributed by atoms with van der Waals surface area (Å²) >= 11 is 0. The highest BCUT2D eigenvalue weighted by Gasteiger charge is 2.33. The smallest absolute Gasteiger partial charge is 0.365 e. The number of aromatic nitrogens is 2. The number of halogens is 3. The normalized spacial score (nSPS) is 21.8. The van der Waals surface area contributed by atoms with Crippen LogP contribution in [0.1, 0.15) is 24.6 Å². The largest absolute Gasteiger partial charge is 0.435 e. The molecular weight excluding hydrogens is 317 g/mol. The molecule has 2 aromatic rings. The molecule has 1 aromatic heterocycles. The Morgan fingerprint density at radius 3 is 2.50 bits per heavy atom. The number of likely N-dealkylation sites (tertiary alicyclic amines) is 1. The Hall–Kier alpha value is -2.15. The third kappa shape index (κ3) is 4.03. The molecule has 2 heterocycles. The van der Waals surface area contributed by atoms with E-state index < -0.39 is 11.9 Å². The monoisotopic (exact) mass is 336 g/mol. The molecule has 1 fully saturated rings. The molecule has 1 aromatic carbocycles. The lowest BCUT2D eigenvalue weighted by Gasteiger charge is -2.20. The van der Waals surface area contributed by atoms with Gasteiger partial charge in [0, 0.05) is 25.2 Å². The first-order chi connectivity index (χ1) is 11.4. The number of rotatable bonds is 4. The van der Waals surface area contributed by atoms with E-state index in [2.05, 4.69) is 39.5 Å². The van der Waals surface area contributed by atoms with Crippen molar-refractivity contribution in [2.45, 2.75) is 38.1 Å². The van der Waals surface area contributed by atoms with Crippen molar-refractivity contribution in [3.05, 3.63) is 53.7 Å². The molecule has 2 unspecified atom stereocenters. The maximum Gasteiger partial charge on any atom is 0.435 e. The van der Waals surface area contributed by atoms with Gasteiger partial charge in [0.05, 0.1) is 0 Å². The quantitative estimate of drug-likeness (QED) is 0.927. The van der Waals surface area contributed by atoms with Crippen molar-refractivity contribution in [3.8, 4) is 0 Å². The van der Waals surface area contributed by atoms with E-state index in [-0.39, 0.29) is 6.04 Å². The van der Waals surface area contributed by atoms with Gasteiger partial charge in [0.2, 0.25) is 0 Å². The van der Waals surface area contributed by atoms with Gasteiger partial charge < -0.3 is 5.32 Å². The van der Waals surface area contributed by atoms with Gasteiger partial charge in [-0.25, -0.2) is 0 Å². The summed E-state index contributed by atoms with van der Waals surface area (Å²) in [6, 6.07) is 13.0. The number of nitrogens with zero attached hydrogens (tertiary/aromatic N) is 3. The molecule has 0 amide bonds. The number of benzene rings is 1. The second-order valence-electron chi connectivity index (χ2n) is 6.14. The summed E-state index contributed by atoms with van der Waals surface area (Å²) in [6.45, 7) is 3.83. The van der Waals surface area contributed by atoms with Gasteiger partial charge in [-0.2, -0.15) is 13.2 Å². The van der Waals surface area contributed by atoms with E-state index >= 15 is 0 Å². The lowest BCUT2D eigenvalue weighted by atomic mass is 10.2. The van der Waals surface area contributed by atoms with Crippen LogP contribution in [-0.4, -0.2) is 33.7 Å². The fraction of sp³-hybridized carbons (Fsp3) is 0.412. The Balaban J connectivity index is 1.59. The summed E-state index contributed by atoms with van der Waals surface area (Å²) in [5.41, 5.74) is 0.276. The highest BCUT2D eigenvalue weighted by Crippen LogP contribution is 2.27. The van der Waals surface area contributed by atoms with E-state index in [1.54, 1.807) is 0 Å². The number of nitrogens with one attached hydrogen (secondary N) is 1. The molecule has 0 aliphatic carbocycles. The second-order valence-corrected chi connectivity index (χ2v) is 6.14. The fourth-order valence-corrected chi connectivity index (χ4v) is 3.01. The molecule has 1 aliphatic rings. The van der Waals surface area contributed by atoms with E-state index in [1.165, 1.54) is 11.6 Å². The maximum absolute atomic E-state index is 12.5. The van der Waals surface area contributed by atoms with Crippen LogP contribution in [-0.2, 0) is 12.7 Å². The molecule has 128 valence electrons. The van der Waals surface area contributed by atoms with Crippen LogP contribution in [0.4, 0.5) is 19.0 Å². The molecule has 1 N–H and O–H groups in total. The highest BCUT2D eigenvalue weighted by atomic mass is 19.4. The van der Waals surface area contributed by atoms with Gasteiger partial charge in [-0.1, -0.05) is 30.3 Å². The standard InChI is InChI=1S/C17H19F3N4/c1-12-9-14(11-24(12)10-13-5-3-2-4-6-13)21-16-8-7-15(22-23-16)17(18,19)20/h2-8,12,14H,9-11H2,1H3,(H,21,23). The minimum absolute atomic E-state index is 0.148. The van der Waals surface area contributed by atoms with Crippen LogP contribution in [0, 0.1) is 0 Å². The molecule has 24 heavy (non-hydrogen) atoms. The molecule has 1 aliphatic heterocycles. The predicted octanol–water partition coefficient (Wildman–Crippen LogP) is 3.57. The average Bonchev–Trinajstić information content (AvgIpc) is 2.87. The van der Waals surface area contributed by atoms with Crippen molar-refractivity contribution in [3.63, 3.8) is 0 Å². The molecule has 0 radical (unpaired) electrons. The van der Waals surface area contributed by atoms with Crippen LogP contribution in [0.15, 0.2) is 42.5 Å². The number of anilines is 1. The minimum atomic E-state index is -4.46. The summed E-state index contributed by atoms with van der Waals surface area (Å²) in [5.74, 6) is 0.377. The second kappa shape index (κ2) is 6.76. The first-order valence-electron chi connectivity index (χ1n) is 7.87. The van der Waals surface area contributed by atoms with Crippen LogP contribution in [0.5, 0.6) is 0 Å². The Kier molecular flexibility index (Phi) is 4.71. The third-order valence-electron chi connectivity index (χ3n) is 4.24. The molecule has 2 atom stereocenters. The Morgan fingerprint density at radius 2 is 1.88 bits per heavy atom. The summed E-state index contributed by atoms with van der Waals surface area (Å²) in [6.07, 6.45) is -3.55. The van der Waals surface area contributed by atoms with Gasteiger partial charge >= 0.3 is 6.18 Å². The van der Waals surface area contributed by atoms with Crippen LogP contribution >= 0.6 is 0 Å². The maximum atomic E-state index is 12.5. The molecule has 7 heteroatoms. The zero-order valence-corrected chi connectivity index (χ0v) is 13.3. The van der Waals surface area contributed by atoms with E-state index in [9.17, 15) is 13.2 Å². The first-order valence-corrected chi connectivity index (χ1v) is 7.87. The van der Waals surface area contributed by atoms with Gasteiger partial charge in [0.1, 0.15) is 5.82 Å². The van der Waals surface area contributed by atoms with Crippen molar-refractivity contribution in [2.75, 3.05) is 11.9 Å². The van der Waals surface area contributed by atoms with E-state index in [0.29, 0.717) is 11.9 Å². The lowest BCUT2D eigenvalue weighted by molar-refractivity contribution is -0.141. The Labute approximate surface area is 138 Å². The molecule has 1 saturated heterocycles. The molecular formula is C17H19F3N4. The SMILES string of the molecule is CC1CC(Nc2ccc(C(F)(F)F)nn2)CN1Cc1ccccc1. The lowest BCUT2D eigenvalue weighted by Crippen LogP contribution is -2.28. The first kappa shape index (κ1) is 16.7. The topological polar surface area (TPSA) is 41.1 Å². The molecule has 0 saturated carbocycles. The summed E-state index contributed by atoms with van der Waals surface area (Å²) in [4.78, 5) is 2.35. The fourth-order valence-electron chi connectivity index (χ4n) is 3.01. The third-order valence-corrected chi connectivity index (χ3v) is 4.24. The molecule has 4 nitrogen and oxygen atoms in total. The van der Waals surface area contributed by atoms with Crippen molar-refractivity contribution >= 4 is 5.82 Å². The molecule has 0 spiro atoms. The number of hydrogen-bond donors (Lipinski definition) is 1. The Bertz CT molecular complexity index is 658. The van der Waals surface area contributed by atoms with Crippen LogP contribution in [0.2, 0.25) is 0 Å². The van der Waals surface area contributed by atoms with Crippen molar-refractivity contribution in [2.24, 2.45) is 0 Å². The van der Waals surface area contributed by atoms with Crippen LogP contribution < -0.4 is 5.32 Å². The molecule has 3 rings (SSSR count). The highest BCUT2D eigenvalue weighted by molar-refractivity contribution is 5.35. The summed E-state index contributed by atoms with van der Waals surface area (Å²) < 4.78 is 37.5. The predicted molar refractivity (Wildman–Crippen MR) is 85.4 cm³/mol. The molecule has 0 bridgehead atoms. The van der Waals surface area contributed by atoms with Crippen molar-refractivity contribution in [1.29, 1.82) is 0 Å². The van der Waals surface area contributed by atoms with Gasteiger partial charge in [-0.05, 0) is 31.0 Å². The van der Waals surface area contributed by atoms with Gasteiger partial charge in [-0.15, -0.1) is 10.2 Å². The average molecular weight is 336 g/mol. The van der Waals surface area contributed by atoms with Gasteiger partial charge in [-0.3, -0.25) is 4.90 Å². The van der Waals surface area contributed by atoms with E-state index in [1.807, 2.05) is 18.2 Å². The Morgan fingerprint density at radius 1 is 1.12 bits per heavy atom. The van der Waals surface area contributed by atoms with Crippen molar-refractivity contribution < 1.29 is 13.2 Å². The number of hydrogen-bond acceptors (Lipinski definition) is 4. The van der Waals surface area contributed by atoms with Gasteiger partial charge in [0.15, 0.2) is 5.69 Å². The minimum Gasteiger partial charge on any atom is -0.365 e. The number of alkyl halides is 3. The van der Waals surface area contributed by atoms with Crippen molar-refractivity contribution in [1.82, 2.24) is 15.1 Å². The van der Waals surface area contributed by atoms with E-state index in [4.69, 9.17) is 0 Å². The van der Waals surface area contributed by atoms with E-state index in [0.717, 1.165) is 25.6 Å². The zero-order chi connectivity index (χ0) is 17.2. The van der Waals surface area contributed by atoms with Crippen LogP contribution in [0.3, 0.4) is 0 Å². The zero-order valence-electron chi connectivity index (χ0n) is 13.3.